The molecule has 1 aromatic carbocycles. The van der Waals surface area contributed by atoms with Crippen LogP contribution >= 0.6 is 12.2 Å². The molecule has 0 saturated heterocycles. The predicted octanol–water partition coefficient (Wildman–Crippen LogP) is 3.08. The number of amides is 1. The molecule has 3 atom stereocenters. The number of benzene rings is 1. The molecule has 1 aliphatic rings. The highest BCUT2D eigenvalue weighted by Crippen LogP contribution is 2.29. The number of hydrogen-bond donors (Lipinski definition) is 3. The van der Waals surface area contributed by atoms with Crippen molar-refractivity contribution in [3.05, 3.63) is 29.8 Å². The maximum atomic E-state index is 11.9. The van der Waals surface area contributed by atoms with Gasteiger partial charge in [0.05, 0.1) is 13.0 Å². The molecule has 0 heterocycles. The summed E-state index contributed by atoms with van der Waals surface area (Å²) in [6.07, 6.45) is 3.87. The fourth-order valence-corrected chi connectivity index (χ4v) is 3.35. The number of aryl methyl sites for hydroxylation is 1. The summed E-state index contributed by atoms with van der Waals surface area (Å²) in [5.74, 6) is 1.90. The molecule has 0 radical (unpaired) electrons. The maximum absolute atomic E-state index is 11.9. The van der Waals surface area contributed by atoms with Crippen molar-refractivity contribution in [3.63, 3.8) is 0 Å². The Labute approximate surface area is 155 Å². The third-order valence-electron chi connectivity index (χ3n) is 4.93. The summed E-state index contributed by atoms with van der Waals surface area (Å²) in [5, 5.41) is 3.79. The number of carbonyl (C=O) groups is 1. The van der Waals surface area contributed by atoms with E-state index in [9.17, 15) is 4.79 Å². The van der Waals surface area contributed by atoms with E-state index in [2.05, 4.69) is 30.0 Å². The van der Waals surface area contributed by atoms with Gasteiger partial charge in [-0.15, -0.1) is 0 Å². The van der Waals surface area contributed by atoms with Crippen LogP contribution in [-0.2, 0) is 4.79 Å². The second-order valence-corrected chi connectivity index (χ2v) is 7.34. The van der Waals surface area contributed by atoms with Crippen LogP contribution in [0.25, 0.3) is 0 Å². The molecule has 5 nitrogen and oxygen atoms in total. The van der Waals surface area contributed by atoms with E-state index in [0.29, 0.717) is 29.6 Å². The van der Waals surface area contributed by atoms with Gasteiger partial charge in [0.15, 0.2) is 5.11 Å². The number of ether oxygens (including phenoxy) is 1. The third kappa shape index (κ3) is 6.53. The highest BCUT2D eigenvalue weighted by molar-refractivity contribution is 7.80. The minimum absolute atomic E-state index is 0.151. The lowest BCUT2D eigenvalue weighted by molar-refractivity contribution is -0.122. The van der Waals surface area contributed by atoms with Crippen LogP contribution in [0, 0.1) is 18.8 Å². The van der Waals surface area contributed by atoms with Crippen LogP contribution in [0.2, 0.25) is 0 Å². The second kappa shape index (κ2) is 9.61. The first-order valence-corrected chi connectivity index (χ1v) is 9.41. The monoisotopic (exact) mass is 363 g/mol. The Morgan fingerprint density at radius 3 is 2.84 bits per heavy atom. The van der Waals surface area contributed by atoms with Gasteiger partial charge in [-0.3, -0.25) is 15.6 Å². The van der Waals surface area contributed by atoms with E-state index in [4.69, 9.17) is 17.0 Å². The first kappa shape index (κ1) is 19.5. The topological polar surface area (TPSA) is 62.4 Å². The molecular formula is C19H29N3O2S. The van der Waals surface area contributed by atoms with Gasteiger partial charge in [-0.25, -0.2) is 0 Å². The Bertz CT molecular complexity index is 594. The zero-order valence-corrected chi connectivity index (χ0v) is 16.1. The summed E-state index contributed by atoms with van der Waals surface area (Å²) >= 11 is 5.28. The Morgan fingerprint density at radius 2 is 2.08 bits per heavy atom. The molecule has 1 amide bonds. The number of thiocarbonyl (C=S) groups is 1. The number of carbonyl (C=O) groups excluding carboxylic acids is 1. The van der Waals surface area contributed by atoms with Gasteiger partial charge in [0, 0.05) is 6.04 Å². The van der Waals surface area contributed by atoms with Gasteiger partial charge in [0.2, 0.25) is 5.91 Å². The number of hydrogen-bond acceptors (Lipinski definition) is 3. The summed E-state index contributed by atoms with van der Waals surface area (Å²) in [5.41, 5.74) is 6.54. The molecule has 2 rings (SSSR count). The molecule has 0 aromatic heterocycles. The van der Waals surface area contributed by atoms with Gasteiger partial charge in [-0.2, -0.15) is 0 Å². The van der Waals surface area contributed by atoms with Crippen LogP contribution in [0.3, 0.4) is 0 Å². The van der Waals surface area contributed by atoms with Crippen molar-refractivity contribution < 1.29 is 9.53 Å². The standard InChI is InChI=1S/C19H29N3O2S/c1-13-6-4-8-16(12-13)24-11-10-18(23)21-22-19(25)20-17-9-5-7-14(2)15(17)3/h4,6,8,12,14-15,17H,5,7,9-11H2,1-3H3,(H,21,23)(H2,20,22,25)/t14-,15-,17+/m0/s1. The van der Waals surface area contributed by atoms with Crippen LogP contribution < -0.4 is 20.9 Å². The van der Waals surface area contributed by atoms with Gasteiger partial charge in [0.1, 0.15) is 5.75 Å². The molecule has 1 saturated carbocycles. The van der Waals surface area contributed by atoms with E-state index >= 15 is 0 Å². The number of rotatable bonds is 5. The molecular weight excluding hydrogens is 334 g/mol. The van der Waals surface area contributed by atoms with Gasteiger partial charge < -0.3 is 10.1 Å². The summed E-state index contributed by atoms with van der Waals surface area (Å²) in [6.45, 7) is 6.87. The Hall–Kier alpha value is -1.82. The zero-order valence-electron chi connectivity index (χ0n) is 15.3. The highest BCUT2D eigenvalue weighted by atomic mass is 32.1. The smallest absolute Gasteiger partial charge is 0.241 e. The molecule has 0 bridgehead atoms. The van der Waals surface area contributed by atoms with Gasteiger partial charge in [-0.1, -0.05) is 38.8 Å². The average Bonchev–Trinajstić information content (AvgIpc) is 2.57. The third-order valence-corrected chi connectivity index (χ3v) is 5.15. The van der Waals surface area contributed by atoms with Gasteiger partial charge in [-0.05, 0) is 55.1 Å². The van der Waals surface area contributed by atoms with Crippen molar-refractivity contribution in [3.8, 4) is 5.75 Å². The first-order valence-electron chi connectivity index (χ1n) is 9.00. The molecule has 138 valence electrons. The van der Waals surface area contributed by atoms with E-state index in [1.807, 2.05) is 31.2 Å². The van der Waals surface area contributed by atoms with Crippen molar-refractivity contribution in [1.82, 2.24) is 16.2 Å². The van der Waals surface area contributed by atoms with Crippen LogP contribution in [0.15, 0.2) is 24.3 Å². The fourth-order valence-electron chi connectivity index (χ4n) is 3.15. The predicted molar refractivity (Wildman–Crippen MR) is 104 cm³/mol. The van der Waals surface area contributed by atoms with Crippen molar-refractivity contribution in [1.29, 1.82) is 0 Å². The largest absolute Gasteiger partial charge is 0.493 e. The Balaban J connectivity index is 1.63. The van der Waals surface area contributed by atoms with E-state index in [1.54, 1.807) is 0 Å². The molecule has 0 aliphatic heterocycles. The highest BCUT2D eigenvalue weighted by Gasteiger charge is 2.27. The van der Waals surface area contributed by atoms with Crippen molar-refractivity contribution >= 4 is 23.2 Å². The summed E-state index contributed by atoms with van der Waals surface area (Å²) < 4.78 is 5.57. The molecule has 0 spiro atoms. The molecule has 1 fully saturated rings. The lowest BCUT2D eigenvalue weighted by Gasteiger charge is -2.35. The average molecular weight is 364 g/mol. The zero-order chi connectivity index (χ0) is 18.2. The summed E-state index contributed by atoms with van der Waals surface area (Å²) in [7, 11) is 0. The molecule has 3 N–H and O–H groups in total. The Morgan fingerprint density at radius 1 is 1.28 bits per heavy atom. The van der Waals surface area contributed by atoms with Crippen LogP contribution in [0.5, 0.6) is 5.75 Å². The van der Waals surface area contributed by atoms with Crippen LogP contribution in [0.1, 0.15) is 45.1 Å². The lowest BCUT2D eigenvalue weighted by atomic mass is 9.78. The second-order valence-electron chi connectivity index (χ2n) is 6.94. The number of nitrogens with one attached hydrogen (secondary N) is 3. The lowest BCUT2D eigenvalue weighted by Crippen LogP contribution is -2.52. The van der Waals surface area contributed by atoms with E-state index in [-0.39, 0.29) is 12.3 Å². The first-order chi connectivity index (χ1) is 12.0. The minimum Gasteiger partial charge on any atom is -0.493 e. The van der Waals surface area contributed by atoms with Crippen LogP contribution in [0.4, 0.5) is 0 Å². The van der Waals surface area contributed by atoms with E-state index in [0.717, 1.165) is 17.7 Å². The molecule has 1 aliphatic carbocycles. The van der Waals surface area contributed by atoms with Crippen molar-refractivity contribution in [2.45, 2.75) is 52.5 Å². The molecule has 6 heteroatoms. The normalized spacial score (nSPS) is 22.8. The molecule has 25 heavy (non-hydrogen) atoms. The summed E-state index contributed by atoms with van der Waals surface area (Å²) in [6, 6.07) is 8.13. The van der Waals surface area contributed by atoms with Gasteiger partial charge >= 0.3 is 0 Å². The number of hydrazine groups is 1. The molecule has 1 aromatic rings. The van der Waals surface area contributed by atoms with Crippen LogP contribution in [-0.4, -0.2) is 23.7 Å². The SMILES string of the molecule is Cc1cccc(OCCC(=O)NNC(=S)N[C@@H]2CCC[C@H](C)[C@@H]2C)c1. The van der Waals surface area contributed by atoms with E-state index in [1.165, 1.54) is 12.8 Å². The quantitative estimate of drug-likeness (QED) is 0.554. The minimum atomic E-state index is -0.151. The fraction of sp³-hybridized carbons (Fsp3) is 0.579. The van der Waals surface area contributed by atoms with Crippen molar-refractivity contribution in [2.75, 3.05) is 6.61 Å². The van der Waals surface area contributed by atoms with Gasteiger partial charge in [0.25, 0.3) is 0 Å². The summed E-state index contributed by atoms with van der Waals surface area (Å²) in [4.78, 5) is 11.9. The Kier molecular flexibility index (Phi) is 7.50. The molecule has 0 unspecified atom stereocenters. The van der Waals surface area contributed by atoms with Crippen molar-refractivity contribution in [2.24, 2.45) is 11.8 Å². The maximum Gasteiger partial charge on any atom is 0.241 e. The van der Waals surface area contributed by atoms with E-state index < -0.39 is 0 Å².